The average Bonchev–Trinajstić information content (AvgIpc) is 2.86. The van der Waals surface area contributed by atoms with Crippen molar-refractivity contribution in [2.75, 3.05) is 0 Å². The maximum absolute atomic E-state index is 5.93. The number of hydrogen-bond donors (Lipinski definition) is 1. The Labute approximate surface area is 120 Å². The molecule has 2 N–H and O–H groups in total. The highest BCUT2D eigenvalue weighted by molar-refractivity contribution is 5.60. The molecule has 0 saturated carbocycles. The summed E-state index contributed by atoms with van der Waals surface area (Å²) in [4.78, 5) is 4.48. The van der Waals surface area contributed by atoms with Crippen LogP contribution in [-0.2, 0) is 11.8 Å². The average molecular weight is 273 g/mol. The van der Waals surface area contributed by atoms with Crippen molar-refractivity contribution in [1.29, 1.82) is 0 Å². The van der Waals surface area contributed by atoms with Crippen molar-refractivity contribution in [1.82, 2.24) is 10.1 Å². The maximum atomic E-state index is 5.93. The molecule has 0 aliphatic rings. The van der Waals surface area contributed by atoms with Crippen LogP contribution in [0.2, 0.25) is 0 Å². The van der Waals surface area contributed by atoms with Gasteiger partial charge in [0.1, 0.15) is 0 Å². The van der Waals surface area contributed by atoms with E-state index in [0.717, 1.165) is 12.0 Å². The number of aromatic nitrogens is 2. The monoisotopic (exact) mass is 273 g/mol. The van der Waals surface area contributed by atoms with Crippen molar-refractivity contribution in [3.8, 4) is 11.5 Å². The number of nitrogens with zero attached hydrogens (tertiary/aromatic N) is 2. The van der Waals surface area contributed by atoms with E-state index < -0.39 is 0 Å². The van der Waals surface area contributed by atoms with Crippen molar-refractivity contribution < 1.29 is 4.52 Å². The van der Waals surface area contributed by atoms with Gasteiger partial charge in [-0.15, -0.1) is 0 Å². The molecule has 0 fully saturated rings. The van der Waals surface area contributed by atoms with Crippen LogP contribution in [0.1, 0.15) is 45.5 Å². The topological polar surface area (TPSA) is 64.9 Å². The molecule has 0 aliphatic carbocycles. The molecule has 0 radical (unpaired) electrons. The molecule has 0 spiro atoms. The van der Waals surface area contributed by atoms with Gasteiger partial charge in [0.25, 0.3) is 5.89 Å². The van der Waals surface area contributed by atoms with Crippen LogP contribution < -0.4 is 5.73 Å². The van der Waals surface area contributed by atoms with E-state index in [1.807, 2.05) is 18.2 Å². The zero-order valence-corrected chi connectivity index (χ0v) is 12.7. The molecule has 1 unspecified atom stereocenters. The van der Waals surface area contributed by atoms with Gasteiger partial charge < -0.3 is 10.3 Å². The van der Waals surface area contributed by atoms with E-state index >= 15 is 0 Å². The Kier molecular flexibility index (Phi) is 4.23. The maximum Gasteiger partial charge on any atom is 0.258 e. The van der Waals surface area contributed by atoms with E-state index in [2.05, 4.69) is 43.9 Å². The zero-order valence-electron chi connectivity index (χ0n) is 12.7. The smallest absolute Gasteiger partial charge is 0.258 e. The SMILES string of the molecule is CCC(N)Cc1noc(-c2ccccc2C(C)(C)C)n1. The lowest BCUT2D eigenvalue weighted by atomic mass is 9.84. The van der Waals surface area contributed by atoms with Gasteiger partial charge in [0.15, 0.2) is 5.82 Å². The summed E-state index contributed by atoms with van der Waals surface area (Å²) in [5, 5.41) is 4.04. The zero-order chi connectivity index (χ0) is 14.8. The number of hydrogen-bond acceptors (Lipinski definition) is 4. The molecular formula is C16H23N3O. The van der Waals surface area contributed by atoms with Gasteiger partial charge in [-0.2, -0.15) is 4.98 Å². The van der Waals surface area contributed by atoms with E-state index in [1.54, 1.807) is 0 Å². The third-order valence-electron chi connectivity index (χ3n) is 3.40. The Hall–Kier alpha value is -1.68. The Morgan fingerprint density at radius 2 is 1.95 bits per heavy atom. The summed E-state index contributed by atoms with van der Waals surface area (Å²) >= 11 is 0. The fourth-order valence-corrected chi connectivity index (χ4v) is 2.15. The molecule has 1 aromatic heterocycles. The summed E-state index contributed by atoms with van der Waals surface area (Å²) in [5.41, 5.74) is 8.17. The van der Waals surface area contributed by atoms with E-state index in [0.29, 0.717) is 18.1 Å². The number of nitrogens with two attached hydrogens (primary N) is 1. The minimum atomic E-state index is 0.0328. The van der Waals surface area contributed by atoms with Gasteiger partial charge in [-0.05, 0) is 23.5 Å². The Balaban J connectivity index is 2.33. The minimum Gasteiger partial charge on any atom is -0.334 e. The molecule has 1 aromatic carbocycles. The first-order valence-corrected chi connectivity index (χ1v) is 7.10. The normalized spacial score (nSPS) is 13.4. The third-order valence-corrected chi connectivity index (χ3v) is 3.40. The van der Waals surface area contributed by atoms with E-state index in [4.69, 9.17) is 10.3 Å². The number of benzene rings is 1. The van der Waals surface area contributed by atoms with Crippen molar-refractivity contribution >= 4 is 0 Å². The molecule has 108 valence electrons. The molecule has 20 heavy (non-hydrogen) atoms. The van der Waals surface area contributed by atoms with Crippen LogP contribution in [0, 0.1) is 0 Å². The standard InChI is InChI=1S/C16H23N3O/c1-5-11(17)10-14-18-15(20-19-14)12-8-6-7-9-13(12)16(2,3)4/h6-9,11H,5,10,17H2,1-4H3. The Morgan fingerprint density at radius 1 is 1.25 bits per heavy atom. The van der Waals surface area contributed by atoms with Crippen molar-refractivity contribution in [3.63, 3.8) is 0 Å². The molecule has 0 saturated heterocycles. The molecule has 0 aliphatic heterocycles. The van der Waals surface area contributed by atoms with Crippen LogP contribution >= 0.6 is 0 Å². The van der Waals surface area contributed by atoms with E-state index in [-0.39, 0.29) is 11.5 Å². The first-order valence-electron chi connectivity index (χ1n) is 7.10. The second-order valence-electron chi connectivity index (χ2n) is 6.18. The lowest BCUT2D eigenvalue weighted by Gasteiger charge is -2.21. The van der Waals surface area contributed by atoms with Crippen molar-refractivity contribution in [2.45, 2.75) is 52.0 Å². The molecule has 4 heteroatoms. The molecule has 0 amide bonds. The van der Waals surface area contributed by atoms with Gasteiger partial charge in [-0.3, -0.25) is 0 Å². The van der Waals surface area contributed by atoms with Gasteiger partial charge in [0, 0.05) is 18.0 Å². The first-order chi connectivity index (χ1) is 9.41. The molecule has 0 bridgehead atoms. The van der Waals surface area contributed by atoms with Gasteiger partial charge in [0.2, 0.25) is 0 Å². The van der Waals surface area contributed by atoms with E-state index in [9.17, 15) is 0 Å². The molecule has 2 rings (SSSR count). The summed E-state index contributed by atoms with van der Waals surface area (Å²) in [6, 6.07) is 8.24. The van der Waals surface area contributed by atoms with Crippen LogP contribution in [0.5, 0.6) is 0 Å². The van der Waals surface area contributed by atoms with Gasteiger partial charge in [0.05, 0.1) is 0 Å². The summed E-state index contributed by atoms with van der Waals surface area (Å²) in [5.74, 6) is 1.26. The van der Waals surface area contributed by atoms with Crippen LogP contribution in [0.4, 0.5) is 0 Å². The second-order valence-corrected chi connectivity index (χ2v) is 6.18. The summed E-state index contributed by atoms with van der Waals surface area (Å²) in [6.07, 6.45) is 1.56. The summed E-state index contributed by atoms with van der Waals surface area (Å²) < 4.78 is 5.42. The fraction of sp³-hybridized carbons (Fsp3) is 0.500. The predicted octanol–water partition coefficient (Wildman–Crippen LogP) is 3.31. The minimum absolute atomic E-state index is 0.0328. The molecule has 2 aromatic rings. The van der Waals surface area contributed by atoms with Gasteiger partial charge in [-0.1, -0.05) is 51.1 Å². The summed E-state index contributed by atoms with van der Waals surface area (Å²) in [6.45, 7) is 8.59. The highest BCUT2D eigenvalue weighted by atomic mass is 16.5. The Morgan fingerprint density at radius 3 is 2.60 bits per heavy atom. The Bertz CT molecular complexity index is 569. The highest BCUT2D eigenvalue weighted by Gasteiger charge is 2.21. The molecular weight excluding hydrogens is 250 g/mol. The number of rotatable bonds is 4. The lowest BCUT2D eigenvalue weighted by molar-refractivity contribution is 0.418. The van der Waals surface area contributed by atoms with Crippen LogP contribution in [0.3, 0.4) is 0 Å². The highest BCUT2D eigenvalue weighted by Crippen LogP contribution is 2.31. The predicted molar refractivity (Wildman–Crippen MR) is 80.4 cm³/mol. The largest absolute Gasteiger partial charge is 0.334 e. The first kappa shape index (κ1) is 14.7. The van der Waals surface area contributed by atoms with Crippen LogP contribution in [-0.4, -0.2) is 16.2 Å². The van der Waals surface area contributed by atoms with Gasteiger partial charge in [-0.25, -0.2) is 0 Å². The van der Waals surface area contributed by atoms with Crippen LogP contribution in [0.25, 0.3) is 11.5 Å². The van der Waals surface area contributed by atoms with Crippen molar-refractivity contribution in [2.24, 2.45) is 5.73 Å². The van der Waals surface area contributed by atoms with Crippen molar-refractivity contribution in [3.05, 3.63) is 35.7 Å². The summed E-state index contributed by atoms with van der Waals surface area (Å²) in [7, 11) is 0. The van der Waals surface area contributed by atoms with E-state index in [1.165, 1.54) is 5.56 Å². The van der Waals surface area contributed by atoms with Gasteiger partial charge >= 0.3 is 0 Å². The lowest BCUT2D eigenvalue weighted by Crippen LogP contribution is -2.22. The second kappa shape index (κ2) is 5.75. The fourth-order valence-electron chi connectivity index (χ4n) is 2.15. The molecule has 4 nitrogen and oxygen atoms in total. The quantitative estimate of drug-likeness (QED) is 0.928. The van der Waals surface area contributed by atoms with Crippen LogP contribution in [0.15, 0.2) is 28.8 Å². The third kappa shape index (κ3) is 3.25. The molecule has 1 heterocycles. The molecule has 1 atom stereocenters.